The molecule has 0 saturated carbocycles. The zero-order valence-electron chi connectivity index (χ0n) is 11.0. The quantitative estimate of drug-likeness (QED) is 0.782. The van der Waals surface area contributed by atoms with E-state index in [2.05, 4.69) is 0 Å². The van der Waals surface area contributed by atoms with E-state index in [1.165, 1.54) is 0 Å². The van der Waals surface area contributed by atoms with Gasteiger partial charge in [0.05, 0.1) is 12.9 Å². The zero-order valence-corrected chi connectivity index (χ0v) is 11.8. The minimum Gasteiger partial charge on any atom is -0.312 e. The van der Waals surface area contributed by atoms with Crippen molar-refractivity contribution in [2.45, 2.75) is 13.3 Å². The van der Waals surface area contributed by atoms with Crippen LogP contribution < -0.4 is 4.90 Å². The molecule has 1 aliphatic heterocycles. The first-order chi connectivity index (χ1) is 8.85. The van der Waals surface area contributed by atoms with Gasteiger partial charge in [0.15, 0.2) is 0 Å². The molecule has 1 amide bonds. The largest absolute Gasteiger partial charge is 0.312 e. The number of rotatable bonds is 4. The fraction of sp³-hybridized carbons (Fsp3) is 0.462. The molecule has 0 spiro atoms. The van der Waals surface area contributed by atoms with Crippen molar-refractivity contribution in [2.75, 3.05) is 24.3 Å². The standard InChI is InChI=1S/C13H17NO4S/c1-10-3-5-12(6-4-10)14-8-11(7-13(14)15)9-18-19(2,16)17/h3-6,11H,7-9H2,1-2H3. The van der Waals surface area contributed by atoms with Crippen LogP contribution in [0.2, 0.25) is 0 Å². The molecule has 1 aromatic rings. The van der Waals surface area contributed by atoms with E-state index >= 15 is 0 Å². The van der Waals surface area contributed by atoms with Gasteiger partial charge in [-0.25, -0.2) is 0 Å². The summed E-state index contributed by atoms with van der Waals surface area (Å²) in [5.74, 6) is -0.0746. The van der Waals surface area contributed by atoms with Crippen molar-refractivity contribution in [3.8, 4) is 0 Å². The van der Waals surface area contributed by atoms with Crippen molar-refractivity contribution in [3.63, 3.8) is 0 Å². The van der Waals surface area contributed by atoms with Gasteiger partial charge in [-0.05, 0) is 19.1 Å². The lowest BCUT2D eigenvalue weighted by atomic mass is 10.1. The van der Waals surface area contributed by atoms with Crippen molar-refractivity contribution >= 4 is 21.7 Å². The molecular weight excluding hydrogens is 266 g/mol. The molecule has 2 rings (SSSR count). The summed E-state index contributed by atoms with van der Waals surface area (Å²) >= 11 is 0. The third kappa shape index (κ3) is 3.78. The molecule has 1 aliphatic rings. The van der Waals surface area contributed by atoms with Gasteiger partial charge in [-0.1, -0.05) is 17.7 Å². The van der Waals surface area contributed by atoms with E-state index in [0.29, 0.717) is 13.0 Å². The smallest absolute Gasteiger partial charge is 0.264 e. The number of carbonyl (C=O) groups excluding carboxylic acids is 1. The molecular formula is C13H17NO4S. The minimum absolute atomic E-state index is 0.00551. The highest BCUT2D eigenvalue weighted by Crippen LogP contribution is 2.25. The number of aryl methyl sites for hydroxylation is 1. The van der Waals surface area contributed by atoms with Gasteiger partial charge in [-0.3, -0.25) is 8.98 Å². The number of hydrogen-bond acceptors (Lipinski definition) is 4. The molecule has 1 aromatic carbocycles. The lowest BCUT2D eigenvalue weighted by molar-refractivity contribution is -0.117. The predicted molar refractivity (Wildman–Crippen MR) is 72.4 cm³/mol. The number of carbonyl (C=O) groups is 1. The van der Waals surface area contributed by atoms with Crippen LogP contribution in [-0.2, 0) is 19.1 Å². The van der Waals surface area contributed by atoms with Gasteiger partial charge in [0.25, 0.3) is 10.1 Å². The maximum Gasteiger partial charge on any atom is 0.264 e. The van der Waals surface area contributed by atoms with Gasteiger partial charge in [0.1, 0.15) is 0 Å². The average Bonchev–Trinajstić information content (AvgIpc) is 2.68. The van der Waals surface area contributed by atoms with Crippen molar-refractivity contribution in [1.29, 1.82) is 0 Å². The maximum atomic E-state index is 11.9. The highest BCUT2D eigenvalue weighted by atomic mass is 32.2. The van der Waals surface area contributed by atoms with E-state index in [1.54, 1.807) is 4.90 Å². The number of benzene rings is 1. The van der Waals surface area contributed by atoms with E-state index in [-0.39, 0.29) is 18.4 Å². The summed E-state index contributed by atoms with van der Waals surface area (Å²) < 4.78 is 26.6. The number of amides is 1. The van der Waals surface area contributed by atoms with Crippen molar-refractivity contribution in [1.82, 2.24) is 0 Å². The molecule has 6 heteroatoms. The first kappa shape index (κ1) is 14.0. The summed E-state index contributed by atoms with van der Waals surface area (Å²) in [4.78, 5) is 13.6. The number of nitrogens with zero attached hydrogens (tertiary/aromatic N) is 1. The number of anilines is 1. The second kappa shape index (κ2) is 5.30. The molecule has 0 aromatic heterocycles. The summed E-state index contributed by atoms with van der Waals surface area (Å²) in [5.41, 5.74) is 1.98. The molecule has 1 atom stereocenters. The monoisotopic (exact) mass is 283 g/mol. The van der Waals surface area contributed by atoms with Crippen LogP contribution in [0.15, 0.2) is 24.3 Å². The highest BCUT2D eigenvalue weighted by molar-refractivity contribution is 7.85. The van der Waals surface area contributed by atoms with E-state index in [4.69, 9.17) is 4.18 Å². The van der Waals surface area contributed by atoms with Crippen LogP contribution >= 0.6 is 0 Å². The SMILES string of the molecule is Cc1ccc(N2CC(COS(C)(=O)=O)CC2=O)cc1. The van der Waals surface area contributed by atoms with E-state index in [0.717, 1.165) is 17.5 Å². The van der Waals surface area contributed by atoms with Crippen molar-refractivity contribution in [2.24, 2.45) is 5.92 Å². The lowest BCUT2D eigenvalue weighted by Gasteiger charge is -2.16. The van der Waals surface area contributed by atoms with Crippen LogP contribution in [0.5, 0.6) is 0 Å². The average molecular weight is 283 g/mol. The topological polar surface area (TPSA) is 63.7 Å². The van der Waals surface area contributed by atoms with Crippen LogP contribution in [0.1, 0.15) is 12.0 Å². The Balaban J connectivity index is 2.01. The molecule has 1 unspecified atom stereocenters. The first-order valence-corrected chi connectivity index (χ1v) is 7.88. The first-order valence-electron chi connectivity index (χ1n) is 6.06. The second-order valence-electron chi connectivity index (χ2n) is 4.90. The van der Waals surface area contributed by atoms with Crippen molar-refractivity contribution in [3.05, 3.63) is 29.8 Å². The summed E-state index contributed by atoms with van der Waals surface area (Å²) in [6, 6.07) is 7.69. The predicted octanol–water partition coefficient (Wildman–Crippen LogP) is 1.32. The Labute approximate surface area is 113 Å². The third-order valence-electron chi connectivity index (χ3n) is 3.07. The molecule has 0 bridgehead atoms. The molecule has 0 radical (unpaired) electrons. The van der Waals surface area contributed by atoms with Crippen molar-refractivity contribution < 1.29 is 17.4 Å². The van der Waals surface area contributed by atoms with Crippen LogP contribution in [0.25, 0.3) is 0 Å². The molecule has 5 nitrogen and oxygen atoms in total. The van der Waals surface area contributed by atoms with E-state index < -0.39 is 10.1 Å². The summed E-state index contributed by atoms with van der Waals surface area (Å²) in [6.07, 6.45) is 1.34. The van der Waals surface area contributed by atoms with Gasteiger partial charge in [-0.15, -0.1) is 0 Å². The molecule has 1 saturated heterocycles. The van der Waals surface area contributed by atoms with Crippen LogP contribution in [0, 0.1) is 12.8 Å². The van der Waals surface area contributed by atoms with Crippen LogP contribution in [-0.4, -0.2) is 33.7 Å². The Hall–Kier alpha value is -1.40. The fourth-order valence-corrected chi connectivity index (χ4v) is 2.53. The third-order valence-corrected chi connectivity index (χ3v) is 3.63. The minimum atomic E-state index is -3.45. The van der Waals surface area contributed by atoms with Gasteiger partial charge >= 0.3 is 0 Å². The zero-order chi connectivity index (χ0) is 14.0. The molecule has 19 heavy (non-hydrogen) atoms. The Morgan fingerprint density at radius 1 is 1.32 bits per heavy atom. The Morgan fingerprint density at radius 2 is 1.95 bits per heavy atom. The Kier molecular flexibility index (Phi) is 3.91. The summed E-state index contributed by atoms with van der Waals surface area (Å²) in [6.45, 7) is 2.54. The second-order valence-corrected chi connectivity index (χ2v) is 6.54. The Morgan fingerprint density at radius 3 is 2.53 bits per heavy atom. The highest BCUT2D eigenvalue weighted by Gasteiger charge is 2.31. The van der Waals surface area contributed by atoms with Crippen LogP contribution in [0.3, 0.4) is 0 Å². The van der Waals surface area contributed by atoms with Gasteiger partial charge in [-0.2, -0.15) is 8.42 Å². The molecule has 0 N–H and O–H groups in total. The Bertz CT molecular complexity index is 565. The van der Waals surface area contributed by atoms with Gasteiger partial charge in [0, 0.05) is 24.6 Å². The summed E-state index contributed by atoms with van der Waals surface area (Å²) in [5, 5.41) is 0. The van der Waals surface area contributed by atoms with E-state index in [9.17, 15) is 13.2 Å². The molecule has 0 aliphatic carbocycles. The molecule has 104 valence electrons. The molecule has 1 heterocycles. The van der Waals surface area contributed by atoms with Gasteiger partial charge < -0.3 is 4.90 Å². The normalized spacial score (nSPS) is 20.0. The molecule has 1 fully saturated rings. The number of hydrogen-bond donors (Lipinski definition) is 0. The summed E-state index contributed by atoms with van der Waals surface area (Å²) in [7, 11) is -3.45. The lowest BCUT2D eigenvalue weighted by Crippen LogP contribution is -2.25. The fourth-order valence-electron chi connectivity index (χ4n) is 2.09. The van der Waals surface area contributed by atoms with Gasteiger partial charge in [0.2, 0.25) is 5.91 Å². The maximum absolute atomic E-state index is 11.9. The van der Waals surface area contributed by atoms with Crippen LogP contribution in [0.4, 0.5) is 5.69 Å². The van der Waals surface area contributed by atoms with E-state index in [1.807, 2.05) is 31.2 Å².